The van der Waals surface area contributed by atoms with Gasteiger partial charge < -0.3 is 9.47 Å². The number of carbonyl (C=O) groups excluding carboxylic acids is 1. The molecular formula is C13H17Cl2NO3. The van der Waals surface area contributed by atoms with Crippen LogP contribution in [0.4, 0.5) is 0 Å². The Morgan fingerprint density at radius 2 is 2.00 bits per heavy atom. The lowest BCUT2D eigenvalue weighted by Crippen LogP contribution is -2.33. The second-order valence-electron chi connectivity index (χ2n) is 3.77. The number of benzene rings is 1. The predicted molar refractivity (Wildman–Crippen MR) is 75.7 cm³/mol. The minimum absolute atomic E-state index is 0.295. The van der Waals surface area contributed by atoms with Gasteiger partial charge in [-0.05, 0) is 19.1 Å². The van der Waals surface area contributed by atoms with Gasteiger partial charge in [0.25, 0.3) is 0 Å². The third-order valence-electron chi connectivity index (χ3n) is 2.47. The molecule has 0 aliphatic carbocycles. The number of carbonyl (C=O) groups is 1. The molecule has 1 atom stereocenters. The highest BCUT2D eigenvalue weighted by Crippen LogP contribution is 2.30. The summed E-state index contributed by atoms with van der Waals surface area (Å²) in [6.45, 7) is 3.00. The van der Waals surface area contributed by atoms with E-state index in [-0.39, 0.29) is 0 Å². The average molecular weight is 306 g/mol. The molecule has 0 amide bonds. The SMILES string of the molecule is CCOC(=O)C(NCCOC)c1c(Cl)cccc1Cl. The van der Waals surface area contributed by atoms with Crippen LogP contribution in [0.5, 0.6) is 0 Å². The smallest absolute Gasteiger partial charge is 0.327 e. The Bertz CT molecular complexity index is 406. The summed E-state index contributed by atoms with van der Waals surface area (Å²) in [6.07, 6.45) is 0. The molecular weight excluding hydrogens is 289 g/mol. The molecule has 6 heteroatoms. The zero-order valence-electron chi connectivity index (χ0n) is 10.9. The van der Waals surface area contributed by atoms with E-state index in [4.69, 9.17) is 32.7 Å². The van der Waals surface area contributed by atoms with Crippen molar-refractivity contribution in [1.29, 1.82) is 0 Å². The standard InChI is InChI=1S/C13H17Cl2NO3/c1-3-19-13(17)12(16-7-8-18-2)11-9(14)5-4-6-10(11)15/h4-6,12,16H,3,7-8H2,1-2H3. The lowest BCUT2D eigenvalue weighted by molar-refractivity contribution is -0.145. The molecule has 106 valence electrons. The molecule has 0 aliphatic rings. The summed E-state index contributed by atoms with van der Waals surface area (Å²) < 4.78 is 9.99. The van der Waals surface area contributed by atoms with Crippen LogP contribution in [0.25, 0.3) is 0 Å². The van der Waals surface area contributed by atoms with Crippen molar-refractivity contribution in [2.45, 2.75) is 13.0 Å². The summed E-state index contributed by atoms with van der Waals surface area (Å²) >= 11 is 12.2. The van der Waals surface area contributed by atoms with Gasteiger partial charge in [0, 0.05) is 29.3 Å². The van der Waals surface area contributed by atoms with Crippen LogP contribution in [0.2, 0.25) is 10.0 Å². The molecule has 19 heavy (non-hydrogen) atoms. The molecule has 1 aromatic carbocycles. The molecule has 1 rings (SSSR count). The average Bonchev–Trinajstić information content (AvgIpc) is 2.37. The number of ether oxygens (including phenoxy) is 2. The van der Waals surface area contributed by atoms with Crippen molar-refractivity contribution in [2.75, 3.05) is 26.9 Å². The van der Waals surface area contributed by atoms with Gasteiger partial charge in [-0.25, -0.2) is 4.79 Å². The molecule has 0 fully saturated rings. The Labute approximate surface area is 123 Å². The molecule has 1 N–H and O–H groups in total. The molecule has 0 aliphatic heterocycles. The number of halogens is 2. The van der Waals surface area contributed by atoms with Crippen LogP contribution in [-0.2, 0) is 14.3 Å². The van der Waals surface area contributed by atoms with Gasteiger partial charge in [0.2, 0.25) is 0 Å². The molecule has 1 unspecified atom stereocenters. The van der Waals surface area contributed by atoms with Crippen LogP contribution >= 0.6 is 23.2 Å². The summed E-state index contributed by atoms with van der Waals surface area (Å²) in [4.78, 5) is 12.0. The maximum Gasteiger partial charge on any atom is 0.327 e. The van der Waals surface area contributed by atoms with E-state index in [9.17, 15) is 4.79 Å². The molecule has 0 saturated carbocycles. The monoisotopic (exact) mass is 305 g/mol. The third-order valence-corrected chi connectivity index (χ3v) is 3.12. The van der Waals surface area contributed by atoms with E-state index >= 15 is 0 Å². The molecule has 0 spiro atoms. The van der Waals surface area contributed by atoms with E-state index in [1.165, 1.54) is 0 Å². The van der Waals surface area contributed by atoms with Crippen LogP contribution in [0.1, 0.15) is 18.5 Å². The van der Waals surface area contributed by atoms with Crippen molar-refractivity contribution in [1.82, 2.24) is 5.32 Å². The van der Waals surface area contributed by atoms with Crippen molar-refractivity contribution >= 4 is 29.2 Å². The van der Waals surface area contributed by atoms with Gasteiger partial charge >= 0.3 is 5.97 Å². The molecule has 0 bridgehead atoms. The number of esters is 1. The second kappa shape index (κ2) is 8.38. The number of nitrogens with one attached hydrogen (secondary N) is 1. The minimum atomic E-state index is -0.698. The summed E-state index contributed by atoms with van der Waals surface area (Å²) in [6, 6.07) is 4.40. The molecule has 4 nitrogen and oxygen atoms in total. The highest BCUT2D eigenvalue weighted by molar-refractivity contribution is 6.36. The topological polar surface area (TPSA) is 47.6 Å². The summed E-state index contributed by atoms with van der Waals surface area (Å²) in [7, 11) is 1.59. The van der Waals surface area contributed by atoms with E-state index in [0.717, 1.165) is 0 Å². The van der Waals surface area contributed by atoms with Gasteiger partial charge in [0.05, 0.1) is 13.2 Å². The fraction of sp³-hybridized carbons (Fsp3) is 0.462. The van der Waals surface area contributed by atoms with Crippen LogP contribution in [0.15, 0.2) is 18.2 Å². The molecule has 0 aromatic heterocycles. The quantitative estimate of drug-likeness (QED) is 0.621. The van der Waals surface area contributed by atoms with Gasteiger partial charge in [0.1, 0.15) is 6.04 Å². The Hall–Kier alpha value is -0.810. The van der Waals surface area contributed by atoms with E-state index in [0.29, 0.717) is 35.4 Å². The minimum Gasteiger partial charge on any atom is -0.465 e. The largest absolute Gasteiger partial charge is 0.465 e. The number of hydrogen-bond donors (Lipinski definition) is 1. The Kier molecular flexibility index (Phi) is 7.16. The summed E-state index contributed by atoms with van der Waals surface area (Å²) in [5.41, 5.74) is 0.528. The Balaban J connectivity index is 2.97. The van der Waals surface area contributed by atoms with Gasteiger partial charge in [-0.3, -0.25) is 5.32 Å². The van der Waals surface area contributed by atoms with Crippen LogP contribution in [-0.4, -0.2) is 32.8 Å². The molecule has 1 aromatic rings. The van der Waals surface area contributed by atoms with Crippen LogP contribution in [0, 0.1) is 0 Å². The maximum atomic E-state index is 12.0. The first kappa shape index (κ1) is 16.2. The maximum absolute atomic E-state index is 12.0. The van der Waals surface area contributed by atoms with E-state index < -0.39 is 12.0 Å². The van der Waals surface area contributed by atoms with Crippen molar-refractivity contribution in [3.8, 4) is 0 Å². The fourth-order valence-electron chi connectivity index (χ4n) is 1.62. The third kappa shape index (κ3) is 4.66. The van der Waals surface area contributed by atoms with Gasteiger partial charge in [-0.15, -0.1) is 0 Å². The Morgan fingerprint density at radius 3 is 2.53 bits per heavy atom. The van der Waals surface area contributed by atoms with Crippen LogP contribution < -0.4 is 5.32 Å². The van der Waals surface area contributed by atoms with Gasteiger partial charge in [-0.2, -0.15) is 0 Å². The lowest BCUT2D eigenvalue weighted by Gasteiger charge is -2.19. The zero-order valence-corrected chi connectivity index (χ0v) is 12.4. The predicted octanol–water partition coefficient (Wildman–Crippen LogP) is 2.83. The summed E-state index contributed by atoms with van der Waals surface area (Å²) in [5, 5.41) is 3.89. The molecule has 0 heterocycles. The second-order valence-corrected chi connectivity index (χ2v) is 4.58. The van der Waals surface area contributed by atoms with Gasteiger partial charge in [0.15, 0.2) is 0 Å². The van der Waals surface area contributed by atoms with E-state index in [1.54, 1.807) is 32.2 Å². The van der Waals surface area contributed by atoms with Crippen LogP contribution in [0.3, 0.4) is 0 Å². The number of hydrogen-bond acceptors (Lipinski definition) is 4. The van der Waals surface area contributed by atoms with Gasteiger partial charge in [-0.1, -0.05) is 29.3 Å². The Morgan fingerprint density at radius 1 is 1.37 bits per heavy atom. The number of rotatable bonds is 7. The highest BCUT2D eigenvalue weighted by Gasteiger charge is 2.25. The fourth-order valence-corrected chi connectivity index (χ4v) is 2.24. The van der Waals surface area contributed by atoms with E-state index in [1.807, 2.05) is 0 Å². The molecule has 0 saturated heterocycles. The first-order valence-corrected chi connectivity index (χ1v) is 6.70. The lowest BCUT2D eigenvalue weighted by atomic mass is 10.1. The number of methoxy groups -OCH3 is 1. The van der Waals surface area contributed by atoms with Crippen molar-refractivity contribution in [2.24, 2.45) is 0 Å². The first-order valence-electron chi connectivity index (χ1n) is 5.94. The zero-order chi connectivity index (χ0) is 14.3. The highest BCUT2D eigenvalue weighted by atomic mass is 35.5. The van der Waals surface area contributed by atoms with Crippen molar-refractivity contribution < 1.29 is 14.3 Å². The van der Waals surface area contributed by atoms with Crippen molar-refractivity contribution in [3.63, 3.8) is 0 Å². The molecule has 0 radical (unpaired) electrons. The van der Waals surface area contributed by atoms with Crippen molar-refractivity contribution in [3.05, 3.63) is 33.8 Å². The summed E-state index contributed by atoms with van der Waals surface area (Å²) in [5.74, 6) is -0.409. The first-order chi connectivity index (χ1) is 9.11. The normalized spacial score (nSPS) is 12.2. The van der Waals surface area contributed by atoms with E-state index in [2.05, 4.69) is 5.32 Å².